The minimum Gasteiger partial charge on any atom is -0.496 e. The molecule has 1 unspecified atom stereocenters. The first-order chi connectivity index (χ1) is 7.12. The van der Waals surface area contributed by atoms with Crippen molar-refractivity contribution in [2.75, 3.05) is 19.7 Å². The molecule has 0 aromatic rings. The van der Waals surface area contributed by atoms with Crippen LogP contribution >= 0.6 is 0 Å². The van der Waals surface area contributed by atoms with Gasteiger partial charge in [0.25, 0.3) is 0 Å². The van der Waals surface area contributed by atoms with Crippen LogP contribution in [0.1, 0.15) is 33.1 Å². The van der Waals surface area contributed by atoms with E-state index < -0.39 is 0 Å². The Labute approximate surface area is 92.3 Å². The first-order valence-corrected chi connectivity index (χ1v) is 5.96. The van der Waals surface area contributed by atoms with Crippen LogP contribution in [0.4, 0.5) is 0 Å². The minimum absolute atomic E-state index is 0.0121. The molecule has 1 fully saturated rings. The van der Waals surface area contributed by atoms with Gasteiger partial charge < -0.3 is 10.5 Å². The summed E-state index contributed by atoms with van der Waals surface area (Å²) in [5.74, 6) is 0.993. The van der Waals surface area contributed by atoms with Crippen molar-refractivity contribution in [3.05, 3.63) is 11.8 Å². The van der Waals surface area contributed by atoms with Crippen molar-refractivity contribution in [1.29, 1.82) is 0 Å². The third kappa shape index (κ3) is 2.04. The van der Waals surface area contributed by atoms with Crippen molar-refractivity contribution < 1.29 is 4.74 Å². The molecule has 3 heteroatoms. The van der Waals surface area contributed by atoms with E-state index in [4.69, 9.17) is 10.5 Å². The van der Waals surface area contributed by atoms with Gasteiger partial charge in [0.1, 0.15) is 5.76 Å². The number of nitrogens with two attached hydrogens (primary N) is 1. The summed E-state index contributed by atoms with van der Waals surface area (Å²) in [5.41, 5.74) is 6.32. The second kappa shape index (κ2) is 4.14. The van der Waals surface area contributed by atoms with Gasteiger partial charge in [0.05, 0.1) is 12.6 Å². The number of likely N-dealkylation sites (tertiary alicyclic amines) is 1. The molecule has 15 heavy (non-hydrogen) atoms. The molecule has 0 aliphatic carbocycles. The molecule has 2 aliphatic rings. The molecule has 1 saturated heterocycles. The molecule has 0 aromatic carbocycles. The maximum absolute atomic E-state index is 6.30. The molecule has 2 rings (SSSR count). The number of hydrogen-bond donors (Lipinski definition) is 1. The molecule has 0 spiro atoms. The Morgan fingerprint density at radius 1 is 1.40 bits per heavy atom. The molecule has 2 aliphatic heterocycles. The smallest absolute Gasteiger partial charge is 0.111 e. The Hall–Kier alpha value is -0.540. The zero-order valence-corrected chi connectivity index (χ0v) is 9.83. The van der Waals surface area contributed by atoms with Crippen LogP contribution in [-0.2, 0) is 4.74 Å². The number of nitrogens with zero attached hydrogens (tertiary/aromatic N) is 1. The Morgan fingerprint density at radius 3 is 2.60 bits per heavy atom. The van der Waals surface area contributed by atoms with Crippen molar-refractivity contribution in [1.82, 2.24) is 4.90 Å². The van der Waals surface area contributed by atoms with Crippen molar-refractivity contribution in [2.24, 2.45) is 5.73 Å². The van der Waals surface area contributed by atoms with Crippen molar-refractivity contribution in [3.8, 4) is 0 Å². The Balaban J connectivity index is 2.06. The molecule has 1 atom stereocenters. The highest BCUT2D eigenvalue weighted by molar-refractivity contribution is 5.14. The molecule has 86 valence electrons. The minimum atomic E-state index is 0.0121. The van der Waals surface area contributed by atoms with E-state index >= 15 is 0 Å². The molecule has 0 radical (unpaired) electrons. The van der Waals surface area contributed by atoms with Crippen molar-refractivity contribution in [3.63, 3.8) is 0 Å². The van der Waals surface area contributed by atoms with Gasteiger partial charge in [0.2, 0.25) is 0 Å². The Bertz CT molecular complexity index is 254. The molecule has 0 saturated carbocycles. The van der Waals surface area contributed by atoms with E-state index in [0.717, 1.165) is 18.8 Å². The summed E-state index contributed by atoms with van der Waals surface area (Å²) in [4.78, 5) is 2.49. The second-order valence-corrected chi connectivity index (χ2v) is 5.07. The van der Waals surface area contributed by atoms with Crippen molar-refractivity contribution >= 4 is 0 Å². The summed E-state index contributed by atoms with van der Waals surface area (Å²) in [6.45, 7) is 7.61. The maximum Gasteiger partial charge on any atom is 0.111 e. The summed E-state index contributed by atoms with van der Waals surface area (Å²) in [5, 5.41) is 0. The molecule has 0 aromatic heterocycles. The van der Waals surface area contributed by atoms with Crippen LogP contribution in [0.25, 0.3) is 0 Å². The Morgan fingerprint density at radius 2 is 2.07 bits per heavy atom. The van der Waals surface area contributed by atoms with E-state index in [1.165, 1.54) is 25.9 Å². The number of rotatable bonds is 3. The predicted octanol–water partition coefficient (Wildman–Crippen LogP) is 1.49. The topological polar surface area (TPSA) is 38.5 Å². The van der Waals surface area contributed by atoms with Crippen LogP contribution in [0.5, 0.6) is 0 Å². The standard InChI is InChI=1S/C12H22N2O/c1-12(2,14-7-3-4-8-14)11(13)10-6-5-9-15-10/h6,11H,3-5,7-9,13H2,1-2H3. The van der Waals surface area contributed by atoms with Crippen LogP contribution in [0, 0.1) is 0 Å². The zero-order valence-electron chi connectivity index (χ0n) is 9.83. The third-order valence-electron chi connectivity index (χ3n) is 3.72. The van der Waals surface area contributed by atoms with E-state index in [1.807, 2.05) is 0 Å². The molecule has 2 N–H and O–H groups in total. The summed E-state index contributed by atoms with van der Waals surface area (Å²) >= 11 is 0. The van der Waals surface area contributed by atoms with E-state index in [-0.39, 0.29) is 11.6 Å². The van der Waals surface area contributed by atoms with Gasteiger partial charge in [-0.3, -0.25) is 4.90 Å². The van der Waals surface area contributed by atoms with Gasteiger partial charge in [-0.2, -0.15) is 0 Å². The zero-order chi connectivity index (χ0) is 10.9. The van der Waals surface area contributed by atoms with Gasteiger partial charge in [0.15, 0.2) is 0 Å². The quantitative estimate of drug-likeness (QED) is 0.767. The van der Waals surface area contributed by atoms with Crippen LogP contribution in [0.2, 0.25) is 0 Å². The average Bonchev–Trinajstić information content (AvgIpc) is 2.89. The van der Waals surface area contributed by atoms with Gasteiger partial charge in [0, 0.05) is 12.0 Å². The number of ether oxygens (including phenoxy) is 1. The van der Waals surface area contributed by atoms with Gasteiger partial charge >= 0.3 is 0 Å². The fourth-order valence-corrected chi connectivity index (χ4v) is 2.49. The first kappa shape index (κ1) is 11.0. The monoisotopic (exact) mass is 210 g/mol. The van der Waals surface area contributed by atoms with Crippen LogP contribution in [0.15, 0.2) is 11.8 Å². The van der Waals surface area contributed by atoms with Gasteiger partial charge in [-0.1, -0.05) is 0 Å². The van der Waals surface area contributed by atoms with Gasteiger partial charge in [-0.15, -0.1) is 0 Å². The lowest BCUT2D eigenvalue weighted by molar-refractivity contribution is 0.104. The van der Waals surface area contributed by atoms with Crippen LogP contribution < -0.4 is 5.73 Å². The highest BCUT2D eigenvalue weighted by atomic mass is 16.5. The lowest BCUT2D eigenvalue weighted by Crippen LogP contribution is -2.55. The third-order valence-corrected chi connectivity index (χ3v) is 3.72. The lowest BCUT2D eigenvalue weighted by Gasteiger charge is -2.40. The predicted molar refractivity (Wildman–Crippen MR) is 61.5 cm³/mol. The van der Waals surface area contributed by atoms with E-state index in [0.29, 0.717) is 0 Å². The molecular formula is C12H22N2O. The fourth-order valence-electron chi connectivity index (χ4n) is 2.49. The average molecular weight is 210 g/mol. The van der Waals surface area contributed by atoms with Crippen LogP contribution in [0.3, 0.4) is 0 Å². The highest BCUT2D eigenvalue weighted by Crippen LogP contribution is 2.28. The van der Waals surface area contributed by atoms with Gasteiger partial charge in [-0.25, -0.2) is 0 Å². The summed E-state index contributed by atoms with van der Waals surface area (Å²) < 4.78 is 5.57. The fraction of sp³-hybridized carbons (Fsp3) is 0.833. The molecule has 0 amide bonds. The maximum atomic E-state index is 6.30. The SMILES string of the molecule is CC(C)(C(N)C1=CCCO1)N1CCCC1. The largest absolute Gasteiger partial charge is 0.496 e. The first-order valence-electron chi connectivity index (χ1n) is 5.96. The molecule has 3 nitrogen and oxygen atoms in total. The van der Waals surface area contributed by atoms with E-state index in [1.54, 1.807) is 0 Å². The number of hydrogen-bond acceptors (Lipinski definition) is 3. The molecule has 0 bridgehead atoms. The van der Waals surface area contributed by atoms with Crippen LogP contribution in [-0.4, -0.2) is 36.2 Å². The lowest BCUT2D eigenvalue weighted by atomic mass is 9.91. The van der Waals surface area contributed by atoms with E-state index in [2.05, 4.69) is 24.8 Å². The highest BCUT2D eigenvalue weighted by Gasteiger charge is 2.37. The van der Waals surface area contributed by atoms with Gasteiger partial charge in [-0.05, 0) is 45.9 Å². The molecular weight excluding hydrogens is 188 g/mol. The summed E-state index contributed by atoms with van der Waals surface area (Å²) in [6.07, 6.45) is 5.76. The van der Waals surface area contributed by atoms with Crippen molar-refractivity contribution in [2.45, 2.75) is 44.7 Å². The molecule has 2 heterocycles. The van der Waals surface area contributed by atoms with E-state index in [9.17, 15) is 0 Å². The second-order valence-electron chi connectivity index (χ2n) is 5.07. The Kier molecular flexibility index (Phi) is 3.03. The summed E-state index contributed by atoms with van der Waals surface area (Å²) in [6, 6.07) is 0.0121. The summed E-state index contributed by atoms with van der Waals surface area (Å²) in [7, 11) is 0. The normalized spacial score (nSPS) is 25.1.